The van der Waals surface area contributed by atoms with Crippen molar-refractivity contribution in [2.75, 3.05) is 23.9 Å². The van der Waals surface area contributed by atoms with E-state index in [2.05, 4.69) is 5.32 Å². The van der Waals surface area contributed by atoms with E-state index < -0.39 is 6.23 Å². The monoisotopic (exact) mass is 521 g/mol. The molecule has 5 rings (SSSR count). The molecule has 2 fully saturated rings. The number of likely N-dealkylation sites (tertiary alicyclic amines) is 1. The molecular weight excluding hydrogens is 486 g/mol. The highest BCUT2D eigenvalue weighted by molar-refractivity contribution is 5.98. The van der Waals surface area contributed by atoms with Crippen molar-refractivity contribution in [1.82, 2.24) is 4.90 Å². The lowest BCUT2D eigenvalue weighted by molar-refractivity contribution is -0.114. The first-order valence-electron chi connectivity index (χ1n) is 13.4. The molecule has 2 heterocycles. The van der Waals surface area contributed by atoms with Gasteiger partial charge in [0.25, 0.3) is 5.91 Å². The molecular formula is C29H35N3O6. The number of hydrogen-bond donors (Lipinski definition) is 1. The molecule has 2 atom stereocenters. The molecule has 0 radical (unpaired) electrons. The lowest BCUT2D eigenvalue weighted by Crippen LogP contribution is -2.56. The normalized spacial score (nSPS) is 21.9. The third-order valence-corrected chi connectivity index (χ3v) is 7.60. The maximum absolute atomic E-state index is 13.9. The summed E-state index contributed by atoms with van der Waals surface area (Å²) in [6, 6.07) is 12.7. The van der Waals surface area contributed by atoms with E-state index in [4.69, 9.17) is 14.2 Å². The van der Waals surface area contributed by atoms with Crippen molar-refractivity contribution in [2.24, 2.45) is 0 Å². The van der Waals surface area contributed by atoms with E-state index in [9.17, 15) is 14.4 Å². The van der Waals surface area contributed by atoms with Crippen molar-refractivity contribution in [2.45, 2.75) is 76.9 Å². The molecule has 2 aromatic carbocycles. The topological polar surface area (TPSA) is 97.4 Å². The maximum atomic E-state index is 13.9. The molecule has 2 aliphatic heterocycles. The smallest absolute Gasteiger partial charge is 0.414 e. The summed E-state index contributed by atoms with van der Waals surface area (Å²) in [5, 5.41) is 2.72. The highest BCUT2D eigenvalue weighted by Gasteiger charge is 2.41. The van der Waals surface area contributed by atoms with E-state index in [-0.39, 0.29) is 36.7 Å². The number of para-hydroxylation sites is 1. The molecule has 2 aromatic rings. The Morgan fingerprint density at radius 3 is 2.61 bits per heavy atom. The molecule has 3 aliphatic rings. The van der Waals surface area contributed by atoms with Gasteiger partial charge in [-0.1, -0.05) is 37.5 Å². The fraction of sp³-hybridized carbons (Fsp3) is 0.483. The largest absolute Gasteiger partial charge is 0.496 e. The molecule has 0 spiro atoms. The van der Waals surface area contributed by atoms with Crippen LogP contribution in [0.3, 0.4) is 0 Å². The summed E-state index contributed by atoms with van der Waals surface area (Å²) in [6.07, 6.45) is 5.64. The number of ether oxygens (including phenoxy) is 3. The molecule has 0 aromatic heterocycles. The summed E-state index contributed by atoms with van der Waals surface area (Å²) in [5.41, 5.74) is 2.79. The van der Waals surface area contributed by atoms with E-state index in [1.165, 1.54) is 20.5 Å². The third-order valence-electron chi connectivity index (χ3n) is 7.60. The van der Waals surface area contributed by atoms with Gasteiger partial charge in [0.1, 0.15) is 18.6 Å². The van der Waals surface area contributed by atoms with Crippen LogP contribution in [-0.2, 0) is 20.9 Å². The van der Waals surface area contributed by atoms with Gasteiger partial charge in [-0.15, -0.1) is 0 Å². The number of fused-ring (bicyclic) bond motifs is 1. The number of carbonyl (C=O) groups is 3. The molecule has 3 amide bonds. The van der Waals surface area contributed by atoms with Gasteiger partial charge >= 0.3 is 6.09 Å². The van der Waals surface area contributed by atoms with Crippen molar-refractivity contribution in [3.05, 3.63) is 53.6 Å². The van der Waals surface area contributed by atoms with Crippen LogP contribution in [0.4, 0.5) is 16.2 Å². The Morgan fingerprint density at radius 1 is 1.05 bits per heavy atom. The van der Waals surface area contributed by atoms with Gasteiger partial charge in [0, 0.05) is 43.2 Å². The average Bonchev–Trinajstić information content (AvgIpc) is 2.93. The molecule has 9 nitrogen and oxygen atoms in total. The van der Waals surface area contributed by atoms with Gasteiger partial charge in [-0.25, -0.2) is 4.79 Å². The SMILES string of the molecule is COc1cc(NC(C)=O)ccc1C(=O)N1CC[C@H](N2C(=O)OCc3ccccc32)C[C@@H]1OC1CCCCC1. The van der Waals surface area contributed by atoms with Crippen LogP contribution >= 0.6 is 0 Å². The summed E-state index contributed by atoms with van der Waals surface area (Å²) < 4.78 is 17.6. The van der Waals surface area contributed by atoms with Gasteiger partial charge in [0.2, 0.25) is 5.91 Å². The van der Waals surface area contributed by atoms with Gasteiger partial charge in [-0.05, 0) is 37.5 Å². The molecule has 202 valence electrons. The predicted octanol–water partition coefficient (Wildman–Crippen LogP) is 5.09. The van der Waals surface area contributed by atoms with E-state index in [0.29, 0.717) is 36.4 Å². The minimum Gasteiger partial charge on any atom is -0.496 e. The standard InChI is InChI=1S/C29H35N3O6/c1-19(33)30-21-12-13-24(26(16-21)36-2)28(34)31-15-14-22(17-27(31)38-23-9-4-3-5-10-23)32-25-11-7-6-8-20(25)18-37-29(32)35/h6-8,11-13,16,22-23,27H,3-5,9-10,14-15,17-18H2,1-2H3,(H,30,33)/t22-,27-/m0/s1. The summed E-state index contributed by atoms with van der Waals surface area (Å²) in [5.74, 6) is -0.0163. The van der Waals surface area contributed by atoms with Crippen LogP contribution in [0, 0.1) is 0 Å². The number of nitrogens with one attached hydrogen (secondary N) is 1. The Balaban J connectivity index is 1.41. The first-order valence-corrected chi connectivity index (χ1v) is 13.4. The van der Waals surface area contributed by atoms with Crippen molar-refractivity contribution in [3.63, 3.8) is 0 Å². The molecule has 1 aliphatic carbocycles. The Morgan fingerprint density at radius 2 is 1.84 bits per heavy atom. The molecule has 38 heavy (non-hydrogen) atoms. The Labute approximate surface area is 223 Å². The molecule has 0 bridgehead atoms. The van der Waals surface area contributed by atoms with Crippen LogP contribution < -0.4 is 15.0 Å². The first kappa shape index (κ1) is 26.0. The highest BCUT2D eigenvalue weighted by atomic mass is 16.6. The number of cyclic esters (lactones) is 1. The molecule has 1 saturated carbocycles. The third kappa shape index (κ3) is 5.48. The van der Waals surface area contributed by atoms with E-state index in [0.717, 1.165) is 36.9 Å². The van der Waals surface area contributed by atoms with Gasteiger partial charge in [-0.3, -0.25) is 14.5 Å². The molecule has 9 heteroatoms. The summed E-state index contributed by atoms with van der Waals surface area (Å²) in [6.45, 7) is 2.11. The number of rotatable bonds is 6. The lowest BCUT2D eigenvalue weighted by atomic mass is 9.96. The summed E-state index contributed by atoms with van der Waals surface area (Å²) in [4.78, 5) is 41.8. The number of amides is 3. The van der Waals surface area contributed by atoms with Crippen LogP contribution in [-0.4, -0.2) is 54.8 Å². The van der Waals surface area contributed by atoms with Crippen molar-refractivity contribution < 1.29 is 28.6 Å². The van der Waals surface area contributed by atoms with Crippen molar-refractivity contribution >= 4 is 29.3 Å². The van der Waals surface area contributed by atoms with Crippen molar-refractivity contribution in [1.29, 1.82) is 0 Å². The molecule has 1 saturated heterocycles. The van der Waals surface area contributed by atoms with Crippen LogP contribution in [0.5, 0.6) is 5.75 Å². The Kier molecular flexibility index (Phi) is 7.83. The van der Waals surface area contributed by atoms with Crippen LogP contribution in [0.1, 0.15) is 67.8 Å². The summed E-state index contributed by atoms with van der Waals surface area (Å²) in [7, 11) is 1.51. The van der Waals surface area contributed by atoms with E-state index in [1.807, 2.05) is 24.3 Å². The second-order valence-corrected chi connectivity index (χ2v) is 10.2. The zero-order valence-corrected chi connectivity index (χ0v) is 22.0. The van der Waals surface area contributed by atoms with Gasteiger partial charge in [-0.2, -0.15) is 0 Å². The zero-order valence-electron chi connectivity index (χ0n) is 22.0. The summed E-state index contributed by atoms with van der Waals surface area (Å²) >= 11 is 0. The number of hydrogen-bond acceptors (Lipinski definition) is 6. The Hall–Kier alpha value is -3.59. The van der Waals surface area contributed by atoms with Crippen molar-refractivity contribution in [3.8, 4) is 5.75 Å². The van der Waals surface area contributed by atoms with Gasteiger partial charge < -0.3 is 24.4 Å². The number of piperidine rings is 1. The lowest BCUT2D eigenvalue weighted by Gasteiger charge is -2.45. The highest BCUT2D eigenvalue weighted by Crippen LogP contribution is 2.36. The van der Waals surface area contributed by atoms with E-state index in [1.54, 1.807) is 28.0 Å². The maximum Gasteiger partial charge on any atom is 0.414 e. The van der Waals surface area contributed by atoms with Gasteiger partial charge in [0.15, 0.2) is 0 Å². The fourth-order valence-electron chi connectivity index (χ4n) is 5.75. The first-order chi connectivity index (χ1) is 18.4. The quantitative estimate of drug-likeness (QED) is 0.569. The number of methoxy groups -OCH3 is 1. The van der Waals surface area contributed by atoms with E-state index >= 15 is 0 Å². The van der Waals surface area contributed by atoms with Gasteiger partial charge in [0.05, 0.1) is 24.5 Å². The fourth-order valence-corrected chi connectivity index (χ4v) is 5.75. The second-order valence-electron chi connectivity index (χ2n) is 10.2. The second kappa shape index (κ2) is 11.4. The zero-order chi connectivity index (χ0) is 26.6. The predicted molar refractivity (Wildman–Crippen MR) is 142 cm³/mol. The molecule has 1 N–H and O–H groups in total. The minimum absolute atomic E-state index is 0.0763. The number of benzene rings is 2. The number of carbonyl (C=O) groups excluding carboxylic acids is 3. The minimum atomic E-state index is -0.494. The Bertz CT molecular complexity index is 1190. The van der Waals surface area contributed by atoms with Crippen LogP contribution in [0.15, 0.2) is 42.5 Å². The number of anilines is 2. The molecule has 0 unspecified atom stereocenters. The van der Waals surface area contributed by atoms with Crippen LogP contribution in [0.2, 0.25) is 0 Å². The van der Waals surface area contributed by atoms with Crippen LogP contribution in [0.25, 0.3) is 0 Å². The average molecular weight is 522 g/mol. The number of nitrogens with zero attached hydrogens (tertiary/aromatic N) is 2.